The quantitative estimate of drug-likeness (QED) is 0.675. The van der Waals surface area contributed by atoms with Crippen LogP contribution < -0.4 is 5.32 Å². The summed E-state index contributed by atoms with van der Waals surface area (Å²) >= 11 is 0. The summed E-state index contributed by atoms with van der Waals surface area (Å²) in [5.41, 5.74) is 3.21. The maximum Gasteiger partial charge on any atom is 0.408 e. The predicted molar refractivity (Wildman–Crippen MR) is 117 cm³/mol. The molecule has 164 valence electrons. The molecule has 0 aliphatic heterocycles. The molecular formula is C24H28N2O5. The summed E-state index contributed by atoms with van der Waals surface area (Å²) in [4.78, 5) is 37.8. The van der Waals surface area contributed by atoms with Crippen molar-refractivity contribution in [1.29, 1.82) is 0 Å². The highest BCUT2D eigenvalue weighted by molar-refractivity contribution is 5.91. The SMILES string of the molecule is CCN(CC(=O)O)C(=O)C(C)(CC)NC(=O)OCC1c2ccccc2-c2ccccc21. The van der Waals surface area contributed by atoms with Crippen molar-refractivity contribution in [2.24, 2.45) is 0 Å². The van der Waals surface area contributed by atoms with Gasteiger partial charge in [0.15, 0.2) is 0 Å². The van der Waals surface area contributed by atoms with Crippen molar-refractivity contribution in [3.05, 3.63) is 59.7 Å². The lowest BCUT2D eigenvalue weighted by Crippen LogP contribution is -2.58. The van der Waals surface area contributed by atoms with Crippen LogP contribution in [0.4, 0.5) is 4.79 Å². The van der Waals surface area contributed by atoms with E-state index in [1.54, 1.807) is 20.8 Å². The fraction of sp³-hybridized carbons (Fsp3) is 0.375. The highest BCUT2D eigenvalue weighted by Crippen LogP contribution is 2.44. The molecule has 2 amide bonds. The Labute approximate surface area is 182 Å². The molecule has 1 aliphatic rings. The van der Waals surface area contributed by atoms with Crippen LogP contribution in [0.2, 0.25) is 0 Å². The van der Waals surface area contributed by atoms with Gasteiger partial charge in [-0.3, -0.25) is 9.59 Å². The van der Waals surface area contributed by atoms with Gasteiger partial charge in [0.1, 0.15) is 18.7 Å². The molecule has 0 aromatic heterocycles. The van der Waals surface area contributed by atoms with Crippen molar-refractivity contribution >= 4 is 18.0 Å². The van der Waals surface area contributed by atoms with Crippen molar-refractivity contribution in [3.63, 3.8) is 0 Å². The molecule has 2 aromatic rings. The smallest absolute Gasteiger partial charge is 0.408 e. The molecule has 1 unspecified atom stereocenters. The van der Waals surface area contributed by atoms with Crippen LogP contribution in [0.3, 0.4) is 0 Å². The third kappa shape index (κ3) is 4.55. The van der Waals surface area contributed by atoms with Crippen LogP contribution in [-0.4, -0.2) is 53.2 Å². The van der Waals surface area contributed by atoms with Crippen LogP contribution in [0, 0.1) is 0 Å². The van der Waals surface area contributed by atoms with Gasteiger partial charge in [-0.1, -0.05) is 55.5 Å². The van der Waals surface area contributed by atoms with Crippen LogP contribution >= 0.6 is 0 Å². The fourth-order valence-electron chi connectivity index (χ4n) is 3.99. The maximum absolute atomic E-state index is 12.9. The Bertz CT molecular complexity index is 944. The summed E-state index contributed by atoms with van der Waals surface area (Å²) in [6.07, 6.45) is -0.405. The first-order valence-corrected chi connectivity index (χ1v) is 10.4. The molecule has 2 N–H and O–H groups in total. The van der Waals surface area contributed by atoms with Gasteiger partial charge in [-0.2, -0.15) is 0 Å². The standard InChI is InChI=1S/C24H28N2O5/c1-4-24(3,22(29)26(5-2)14-21(27)28)25-23(30)31-15-20-18-12-8-6-10-16(18)17-11-7-9-13-19(17)20/h6-13,20H,4-5,14-15H2,1-3H3,(H,25,30)(H,27,28). The van der Waals surface area contributed by atoms with Gasteiger partial charge in [0, 0.05) is 12.5 Å². The molecule has 3 rings (SSSR count). The highest BCUT2D eigenvalue weighted by atomic mass is 16.5. The Morgan fingerprint density at radius 3 is 2.06 bits per heavy atom. The van der Waals surface area contributed by atoms with Crippen LogP contribution in [0.25, 0.3) is 11.1 Å². The van der Waals surface area contributed by atoms with E-state index in [0.717, 1.165) is 22.3 Å². The van der Waals surface area contributed by atoms with Gasteiger partial charge in [0.2, 0.25) is 5.91 Å². The van der Waals surface area contributed by atoms with Gasteiger partial charge >= 0.3 is 12.1 Å². The molecule has 0 radical (unpaired) electrons. The number of benzene rings is 2. The topological polar surface area (TPSA) is 95.9 Å². The first-order chi connectivity index (χ1) is 14.8. The van der Waals surface area contributed by atoms with E-state index < -0.39 is 30.1 Å². The normalized spacial score (nSPS) is 14.2. The molecule has 0 saturated heterocycles. The average molecular weight is 424 g/mol. The third-order valence-electron chi connectivity index (χ3n) is 5.90. The number of carboxylic acid groups (broad SMARTS) is 1. The summed E-state index contributed by atoms with van der Waals surface area (Å²) in [6.45, 7) is 4.99. The largest absolute Gasteiger partial charge is 0.480 e. The number of rotatable bonds is 8. The number of carboxylic acids is 1. The number of ether oxygens (including phenoxy) is 1. The number of fused-ring (bicyclic) bond motifs is 3. The van der Waals surface area contributed by atoms with E-state index in [1.165, 1.54) is 4.90 Å². The molecular weight excluding hydrogens is 396 g/mol. The van der Waals surface area contributed by atoms with E-state index in [-0.39, 0.29) is 19.1 Å². The lowest BCUT2D eigenvalue weighted by atomic mass is 9.97. The average Bonchev–Trinajstić information content (AvgIpc) is 3.09. The number of carbonyl (C=O) groups excluding carboxylic acids is 2. The molecule has 1 aliphatic carbocycles. The minimum absolute atomic E-state index is 0.0825. The molecule has 7 nitrogen and oxygen atoms in total. The van der Waals surface area contributed by atoms with E-state index >= 15 is 0 Å². The zero-order chi connectivity index (χ0) is 22.6. The second-order valence-electron chi connectivity index (χ2n) is 7.85. The number of nitrogens with one attached hydrogen (secondary N) is 1. The second-order valence-corrected chi connectivity index (χ2v) is 7.85. The zero-order valence-corrected chi connectivity index (χ0v) is 18.1. The minimum atomic E-state index is -1.26. The number of amides is 2. The zero-order valence-electron chi connectivity index (χ0n) is 18.1. The molecule has 2 aromatic carbocycles. The third-order valence-corrected chi connectivity index (χ3v) is 5.90. The van der Waals surface area contributed by atoms with Gasteiger partial charge < -0.3 is 20.1 Å². The van der Waals surface area contributed by atoms with Gasteiger partial charge in [-0.15, -0.1) is 0 Å². The summed E-state index contributed by atoms with van der Waals surface area (Å²) < 4.78 is 5.54. The Balaban J connectivity index is 1.71. The lowest BCUT2D eigenvalue weighted by molar-refractivity contribution is -0.147. The summed E-state index contributed by atoms with van der Waals surface area (Å²) in [7, 11) is 0. The first-order valence-electron chi connectivity index (χ1n) is 10.4. The van der Waals surface area contributed by atoms with E-state index in [9.17, 15) is 14.4 Å². The van der Waals surface area contributed by atoms with Crippen molar-refractivity contribution in [1.82, 2.24) is 10.2 Å². The molecule has 0 heterocycles. The van der Waals surface area contributed by atoms with Gasteiger partial charge in [-0.25, -0.2) is 4.79 Å². The molecule has 31 heavy (non-hydrogen) atoms. The number of carbonyl (C=O) groups is 3. The number of hydrogen-bond donors (Lipinski definition) is 2. The minimum Gasteiger partial charge on any atom is -0.480 e. The summed E-state index contributed by atoms with van der Waals surface area (Å²) in [5.74, 6) is -1.64. The number of likely N-dealkylation sites (N-methyl/N-ethyl adjacent to an activating group) is 1. The maximum atomic E-state index is 12.9. The highest BCUT2D eigenvalue weighted by Gasteiger charge is 2.38. The number of nitrogens with zero attached hydrogens (tertiary/aromatic N) is 1. The van der Waals surface area contributed by atoms with Gasteiger partial charge in [0.05, 0.1) is 0 Å². The Hall–Kier alpha value is -3.35. The molecule has 0 saturated carbocycles. The molecule has 0 spiro atoms. The molecule has 1 atom stereocenters. The van der Waals surface area contributed by atoms with Crippen LogP contribution in [0.5, 0.6) is 0 Å². The number of hydrogen-bond acceptors (Lipinski definition) is 4. The lowest BCUT2D eigenvalue weighted by Gasteiger charge is -2.33. The van der Waals surface area contributed by atoms with E-state index in [4.69, 9.17) is 9.84 Å². The Morgan fingerprint density at radius 1 is 1.03 bits per heavy atom. The molecule has 7 heteroatoms. The fourth-order valence-corrected chi connectivity index (χ4v) is 3.99. The van der Waals surface area contributed by atoms with Gasteiger partial charge in [0.25, 0.3) is 0 Å². The van der Waals surface area contributed by atoms with Crippen LogP contribution in [0.15, 0.2) is 48.5 Å². The summed E-state index contributed by atoms with van der Waals surface area (Å²) in [6, 6.07) is 16.1. The van der Waals surface area contributed by atoms with Crippen molar-refractivity contribution in [3.8, 4) is 11.1 Å². The molecule has 0 bridgehead atoms. The molecule has 0 fully saturated rings. The number of alkyl carbamates (subject to hydrolysis) is 1. The van der Waals surface area contributed by atoms with E-state index in [0.29, 0.717) is 6.42 Å². The monoisotopic (exact) mass is 424 g/mol. The van der Waals surface area contributed by atoms with Crippen molar-refractivity contribution < 1.29 is 24.2 Å². The first kappa shape index (κ1) is 22.3. The number of aliphatic carboxylic acids is 1. The Kier molecular flexibility index (Phi) is 6.63. The Morgan fingerprint density at radius 2 is 1.58 bits per heavy atom. The van der Waals surface area contributed by atoms with E-state index in [2.05, 4.69) is 17.4 Å². The van der Waals surface area contributed by atoms with Crippen LogP contribution in [0.1, 0.15) is 44.2 Å². The predicted octanol–water partition coefficient (Wildman–Crippen LogP) is 3.63. The van der Waals surface area contributed by atoms with Crippen molar-refractivity contribution in [2.45, 2.75) is 38.6 Å². The second kappa shape index (κ2) is 9.20. The summed E-state index contributed by atoms with van der Waals surface area (Å²) in [5, 5.41) is 11.7. The van der Waals surface area contributed by atoms with E-state index in [1.807, 2.05) is 36.4 Å². The van der Waals surface area contributed by atoms with Gasteiger partial charge in [-0.05, 0) is 42.5 Å². The van der Waals surface area contributed by atoms with Crippen LogP contribution in [-0.2, 0) is 14.3 Å². The van der Waals surface area contributed by atoms with Crippen molar-refractivity contribution in [2.75, 3.05) is 19.7 Å².